The van der Waals surface area contributed by atoms with Gasteiger partial charge >= 0.3 is 11.9 Å². The summed E-state index contributed by atoms with van der Waals surface area (Å²) in [6.07, 6.45) is 10.7. The number of hydrogen-bond donors (Lipinski definition) is 1. The van der Waals surface area contributed by atoms with Crippen LogP contribution in [0.1, 0.15) is 79.1 Å². The van der Waals surface area contributed by atoms with Gasteiger partial charge in [0.2, 0.25) is 0 Å². The number of nitrogens with zero attached hydrogens (tertiary/aromatic N) is 1. The van der Waals surface area contributed by atoms with E-state index < -0.39 is 11.9 Å². The molecule has 4 aliphatic rings. The molecule has 1 N–H and O–H groups in total. The Labute approximate surface area is 187 Å². The van der Waals surface area contributed by atoms with E-state index in [1.54, 1.807) is 7.05 Å². The molecule has 0 aromatic carbocycles. The molecule has 4 rings (SSSR count). The fourth-order valence-electron chi connectivity index (χ4n) is 8.05. The van der Waals surface area contributed by atoms with Crippen LogP contribution < -0.4 is 0 Å². The summed E-state index contributed by atoms with van der Waals surface area (Å²) in [4.78, 5) is 26.0. The molecule has 8 atom stereocenters. The van der Waals surface area contributed by atoms with Crippen LogP contribution >= 0.6 is 0 Å². The largest absolute Gasteiger partial charge is 0.455 e. The first-order valence-electron chi connectivity index (χ1n) is 12.5. The van der Waals surface area contributed by atoms with Gasteiger partial charge in [0, 0.05) is 19.5 Å². The van der Waals surface area contributed by atoms with Crippen molar-refractivity contribution >= 4 is 11.9 Å². The van der Waals surface area contributed by atoms with Gasteiger partial charge < -0.3 is 14.7 Å². The number of aliphatic hydroxyl groups is 1. The molecule has 0 spiro atoms. The number of hydrogen-bond acceptors (Lipinski definition) is 4. The minimum atomic E-state index is -0.712. The lowest BCUT2D eigenvalue weighted by molar-refractivity contribution is -0.167. The summed E-state index contributed by atoms with van der Waals surface area (Å²) in [6.45, 7) is 9.22. The fraction of sp³-hybridized carbons (Fsp3) is 0.846. The second-order valence-corrected chi connectivity index (χ2v) is 11.3. The van der Waals surface area contributed by atoms with E-state index in [1.165, 1.54) is 29.7 Å². The van der Waals surface area contributed by atoms with E-state index in [4.69, 9.17) is 4.74 Å². The first-order chi connectivity index (χ1) is 14.6. The number of allylic oxidation sites excluding steroid dienone is 1. The quantitative estimate of drug-likeness (QED) is 0.410. The number of rotatable bonds is 3. The standard InChI is InChI=1S/C26H41NO4/c1-6-27(5)23(29)24(30)31-16(2)20-9-10-21-19-8-7-17-15-18(28)11-13-25(17,3)22(19)12-14-26(20,21)4/h7,16,18-22,28H,6,8-15H2,1-5H3/t16-,18-,19-,20+,21-,22-,25-,26+/m0/s1. The van der Waals surface area contributed by atoms with Crippen molar-refractivity contribution in [2.75, 3.05) is 13.6 Å². The summed E-state index contributed by atoms with van der Waals surface area (Å²) in [6, 6.07) is 0. The van der Waals surface area contributed by atoms with Gasteiger partial charge in [-0.1, -0.05) is 25.5 Å². The van der Waals surface area contributed by atoms with Crippen LogP contribution in [0.5, 0.6) is 0 Å². The summed E-state index contributed by atoms with van der Waals surface area (Å²) >= 11 is 0. The Morgan fingerprint density at radius 2 is 1.94 bits per heavy atom. The van der Waals surface area contributed by atoms with Crippen LogP contribution in [0.3, 0.4) is 0 Å². The van der Waals surface area contributed by atoms with Gasteiger partial charge in [-0.3, -0.25) is 4.79 Å². The Bertz CT molecular complexity index is 763. The molecule has 4 aliphatic carbocycles. The van der Waals surface area contributed by atoms with Crippen molar-refractivity contribution in [2.24, 2.45) is 34.5 Å². The van der Waals surface area contributed by atoms with Crippen molar-refractivity contribution in [3.63, 3.8) is 0 Å². The van der Waals surface area contributed by atoms with Crippen molar-refractivity contribution < 1.29 is 19.4 Å². The predicted octanol–water partition coefficient (Wildman–Crippen LogP) is 4.34. The van der Waals surface area contributed by atoms with Gasteiger partial charge in [-0.2, -0.15) is 0 Å². The van der Waals surface area contributed by atoms with Crippen LogP contribution in [0, 0.1) is 34.5 Å². The number of carbonyl (C=O) groups excluding carboxylic acids is 2. The lowest BCUT2D eigenvalue weighted by Gasteiger charge is -2.58. The lowest BCUT2D eigenvalue weighted by Crippen LogP contribution is -2.51. The first kappa shape index (κ1) is 22.8. The highest BCUT2D eigenvalue weighted by molar-refractivity contribution is 6.32. The van der Waals surface area contributed by atoms with Gasteiger partial charge in [0.15, 0.2) is 0 Å². The van der Waals surface area contributed by atoms with E-state index in [2.05, 4.69) is 19.9 Å². The molecular formula is C26H41NO4. The molecule has 0 aliphatic heterocycles. The molecule has 3 fully saturated rings. The van der Waals surface area contributed by atoms with E-state index >= 15 is 0 Å². The third kappa shape index (κ3) is 3.65. The molecule has 0 aromatic heterocycles. The van der Waals surface area contributed by atoms with Gasteiger partial charge in [-0.05, 0) is 93.8 Å². The zero-order valence-electron chi connectivity index (χ0n) is 20.0. The van der Waals surface area contributed by atoms with E-state index in [0.29, 0.717) is 30.2 Å². The van der Waals surface area contributed by atoms with Crippen molar-refractivity contribution in [2.45, 2.75) is 91.3 Å². The summed E-state index contributed by atoms with van der Waals surface area (Å²) in [7, 11) is 1.64. The minimum absolute atomic E-state index is 0.161. The van der Waals surface area contributed by atoms with E-state index in [1.807, 2.05) is 13.8 Å². The number of aliphatic hydroxyl groups excluding tert-OH is 1. The van der Waals surface area contributed by atoms with Crippen LogP contribution in [0.25, 0.3) is 0 Å². The molecule has 0 heterocycles. The molecule has 0 unspecified atom stereocenters. The number of carbonyl (C=O) groups is 2. The molecule has 3 saturated carbocycles. The monoisotopic (exact) mass is 431 g/mol. The molecule has 1 amide bonds. The minimum Gasteiger partial charge on any atom is -0.455 e. The predicted molar refractivity (Wildman–Crippen MR) is 120 cm³/mol. The fourth-order valence-corrected chi connectivity index (χ4v) is 8.05. The van der Waals surface area contributed by atoms with Gasteiger partial charge in [0.1, 0.15) is 6.10 Å². The number of fused-ring (bicyclic) bond motifs is 5. The first-order valence-corrected chi connectivity index (χ1v) is 12.5. The van der Waals surface area contributed by atoms with E-state index in [9.17, 15) is 14.7 Å². The van der Waals surface area contributed by atoms with Crippen LogP contribution in [0.15, 0.2) is 11.6 Å². The Balaban J connectivity index is 1.49. The molecule has 0 radical (unpaired) electrons. The van der Waals surface area contributed by atoms with Crippen molar-refractivity contribution in [1.29, 1.82) is 0 Å². The lowest BCUT2D eigenvalue weighted by atomic mass is 9.47. The highest BCUT2D eigenvalue weighted by Crippen LogP contribution is 2.66. The molecule has 31 heavy (non-hydrogen) atoms. The average Bonchev–Trinajstić information content (AvgIpc) is 3.10. The SMILES string of the molecule is CCN(C)C(=O)C(=O)O[C@@H](C)[C@H]1CC[C@H]2[C@@H]3CC=C4C[C@@H](O)CC[C@]4(C)[C@H]3CC[C@]12C. The van der Waals surface area contributed by atoms with Crippen LogP contribution in [-0.2, 0) is 14.3 Å². The summed E-state index contributed by atoms with van der Waals surface area (Å²) in [5, 5.41) is 10.2. The zero-order valence-corrected chi connectivity index (χ0v) is 20.0. The van der Waals surface area contributed by atoms with Gasteiger partial charge in [-0.25, -0.2) is 4.79 Å². The highest BCUT2D eigenvalue weighted by Gasteiger charge is 2.59. The summed E-state index contributed by atoms with van der Waals surface area (Å²) in [5.74, 6) is 1.09. The molecule has 0 saturated heterocycles. The van der Waals surface area contributed by atoms with Gasteiger partial charge in [-0.15, -0.1) is 0 Å². The number of likely N-dealkylation sites (N-methyl/N-ethyl adjacent to an activating group) is 1. The number of amides is 1. The Hall–Kier alpha value is -1.36. The van der Waals surface area contributed by atoms with Crippen LogP contribution in [0.4, 0.5) is 0 Å². The molecule has 174 valence electrons. The second kappa shape index (κ2) is 8.20. The molecular weight excluding hydrogens is 390 g/mol. The highest BCUT2D eigenvalue weighted by atomic mass is 16.5. The second-order valence-electron chi connectivity index (χ2n) is 11.3. The van der Waals surface area contributed by atoms with Crippen molar-refractivity contribution in [3.05, 3.63) is 11.6 Å². The average molecular weight is 432 g/mol. The normalized spacial score (nSPS) is 42.5. The molecule has 5 heteroatoms. The van der Waals surface area contributed by atoms with E-state index in [0.717, 1.165) is 32.1 Å². The summed E-state index contributed by atoms with van der Waals surface area (Å²) < 4.78 is 5.72. The van der Waals surface area contributed by atoms with E-state index in [-0.39, 0.29) is 23.0 Å². The smallest absolute Gasteiger partial charge is 0.397 e. The Morgan fingerprint density at radius 3 is 2.65 bits per heavy atom. The summed E-state index contributed by atoms with van der Waals surface area (Å²) in [5.41, 5.74) is 1.92. The molecule has 0 aromatic rings. The maximum absolute atomic E-state index is 12.4. The number of ether oxygens (including phenoxy) is 1. The Morgan fingerprint density at radius 1 is 1.19 bits per heavy atom. The van der Waals surface area contributed by atoms with Crippen LogP contribution in [-0.4, -0.2) is 47.7 Å². The van der Waals surface area contributed by atoms with Gasteiger partial charge in [0.05, 0.1) is 6.10 Å². The topological polar surface area (TPSA) is 66.8 Å². The third-order valence-corrected chi connectivity index (χ3v) is 10.0. The maximum Gasteiger partial charge on any atom is 0.397 e. The zero-order chi connectivity index (χ0) is 22.6. The van der Waals surface area contributed by atoms with Crippen molar-refractivity contribution in [1.82, 2.24) is 4.90 Å². The molecule has 0 bridgehead atoms. The van der Waals surface area contributed by atoms with Crippen molar-refractivity contribution in [3.8, 4) is 0 Å². The van der Waals surface area contributed by atoms with Crippen LogP contribution in [0.2, 0.25) is 0 Å². The Kier molecular flexibility index (Phi) is 6.04. The number of esters is 1. The maximum atomic E-state index is 12.4. The molecule has 5 nitrogen and oxygen atoms in total. The van der Waals surface area contributed by atoms with Gasteiger partial charge in [0.25, 0.3) is 0 Å². The third-order valence-electron chi connectivity index (χ3n) is 10.0.